The first kappa shape index (κ1) is 13.6. The van der Waals surface area contributed by atoms with Gasteiger partial charge in [0.05, 0.1) is 11.8 Å². The maximum absolute atomic E-state index is 11.9. The van der Waals surface area contributed by atoms with E-state index in [4.69, 9.17) is 0 Å². The Hall–Kier alpha value is -2.35. The number of nitrogens with one attached hydrogen (secondary N) is 2. The zero-order chi connectivity index (χ0) is 15.1. The predicted octanol–water partition coefficient (Wildman–Crippen LogP) is 0.588. The summed E-state index contributed by atoms with van der Waals surface area (Å²) in [6, 6.07) is 4.02. The van der Waals surface area contributed by atoms with Crippen LogP contribution in [0.3, 0.4) is 0 Å². The van der Waals surface area contributed by atoms with Crippen LogP contribution in [0.5, 0.6) is 5.88 Å². The molecule has 3 rings (SSSR count). The van der Waals surface area contributed by atoms with Crippen molar-refractivity contribution in [2.75, 3.05) is 0 Å². The van der Waals surface area contributed by atoms with E-state index in [9.17, 15) is 14.7 Å². The number of thiophene rings is 1. The molecule has 2 aromatic heterocycles. The first-order valence-electron chi connectivity index (χ1n) is 6.38. The smallest absolute Gasteiger partial charge is 0.330 e. The van der Waals surface area contributed by atoms with Crippen molar-refractivity contribution in [1.29, 1.82) is 0 Å². The van der Waals surface area contributed by atoms with E-state index in [0.717, 1.165) is 9.44 Å². The number of aryl methyl sites for hydroxylation is 1. The van der Waals surface area contributed by atoms with E-state index >= 15 is 0 Å². The molecule has 0 aromatic carbocycles. The molecule has 0 saturated carbocycles. The molecule has 2 aromatic rings. The summed E-state index contributed by atoms with van der Waals surface area (Å²) < 4.78 is 0.988. The summed E-state index contributed by atoms with van der Waals surface area (Å²) in [6.45, 7) is 2.02. The molecule has 7 nitrogen and oxygen atoms in total. The molecular formula is C13H14N4O3S. The molecule has 0 bridgehead atoms. The third-order valence-corrected chi connectivity index (χ3v) is 4.55. The highest BCUT2D eigenvalue weighted by Gasteiger charge is 2.27. The minimum absolute atomic E-state index is 0.0188. The van der Waals surface area contributed by atoms with Gasteiger partial charge in [0.2, 0.25) is 5.88 Å². The average molecular weight is 306 g/mol. The van der Waals surface area contributed by atoms with Crippen LogP contribution in [-0.4, -0.2) is 20.4 Å². The quantitative estimate of drug-likeness (QED) is 0.756. The lowest BCUT2D eigenvalue weighted by atomic mass is 10.1. The third-order valence-electron chi connectivity index (χ3n) is 3.44. The lowest BCUT2D eigenvalue weighted by molar-refractivity contribution is 0.416. The molecule has 0 unspecified atom stereocenters. The van der Waals surface area contributed by atoms with Gasteiger partial charge in [-0.2, -0.15) is 5.10 Å². The van der Waals surface area contributed by atoms with Crippen LogP contribution in [-0.2, 0) is 7.05 Å². The van der Waals surface area contributed by atoms with Crippen LogP contribution in [0.4, 0.5) is 0 Å². The van der Waals surface area contributed by atoms with E-state index in [1.165, 1.54) is 11.9 Å². The normalized spacial score (nSPS) is 17.6. The van der Waals surface area contributed by atoms with Crippen molar-refractivity contribution in [1.82, 2.24) is 15.0 Å². The van der Waals surface area contributed by atoms with Gasteiger partial charge < -0.3 is 10.5 Å². The molecule has 1 aliphatic heterocycles. The number of H-pyrrole nitrogens is 1. The van der Waals surface area contributed by atoms with Gasteiger partial charge in [0.15, 0.2) is 0 Å². The van der Waals surface area contributed by atoms with Gasteiger partial charge in [-0.3, -0.25) is 14.3 Å². The van der Waals surface area contributed by atoms with Crippen molar-refractivity contribution in [3.05, 3.63) is 48.3 Å². The first-order chi connectivity index (χ1) is 9.97. The fourth-order valence-electron chi connectivity index (χ4n) is 2.27. The second kappa shape index (κ2) is 4.88. The van der Waals surface area contributed by atoms with Crippen LogP contribution in [0.2, 0.25) is 0 Å². The molecule has 3 N–H and O–H groups in total. The maximum atomic E-state index is 11.9. The summed E-state index contributed by atoms with van der Waals surface area (Å²) in [5.41, 5.74) is 2.18. The Morgan fingerprint density at radius 3 is 2.86 bits per heavy atom. The number of hydrogen-bond acceptors (Lipinski definition) is 6. The van der Waals surface area contributed by atoms with Crippen molar-refractivity contribution in [2.45, 2.75) is 19.4 Å². The Morgan fingerprint density at radius 1 is 1.43 bits per heavy atom. The largest absolute Gasteiger partial charge is 0.494 e. The van der Waals surface area contributed by atoms with Gasteiger partial charge in [-0.05, 0) is 19.1 Å². The molecule has 21 heavy (non-hydrogen) atoms. The van der Waals surface area contributed by atoms with E-state index in [-0.39, 0.29) is 17.5 Å². The summed E-state index contributed by atoms with van der Waals surface area (Å²) in [5, 5.41) is 14.2. The SMILES string of the molecule is Cc1ccc([C@@H]2CC(c3c(O)n(C)c(=O)[nH]c3=O)=NN2)s1. The molecule has 0 fully saturated rings. The van der Waals surface area contributed by atoms with Gasteiger partial charge in [0.1, 0.15) is 5.56 Å². The maximum Gasteiger partial charge on any atom is 0.330 e. The van der Waals surface area contributed by atoms with E-state index in [0.29, 0.717) is 12.1 Å². The number of nitrogens with zero attached hydrogens (tertiary/aromatic N) is 2. The summed E-state index contributed by atoms with van der Waals surface area (Å²) in [5.74, 6) is -0.368. The Kier molecular flexibility index (Phi) is 3.17. The zero-order valence-corrected chi connectivity index (χ0v) is 12.3. The minimum atomic E-state index is -0.654. The van der Waals surface area contributed by atoms with Gasteiger partial charge in [0.25, 0.3) is 5.56 Å². The molecule has 0 radical (unpaired) electrons. The van der Waals surface area contributed by atoms with E-state index in [2.05, 4.69) is 15.5 Å². The number of aromatic amines is 1. The van der Waals surface area contributed by atoms with Crippen molar-refractivity contribution in [3.8, 4) is 5.88 Å². The van der Waals surface area contributed by atoms with Crippen molar-refractivity contribution in [2.24, 2.45) is 12.1 Å². The monoisotopic (exact) mass is 306 g/mol. The number of hydrogen-bond donors (Lipinski definition) is 3. The molecule has 1 aliphatic rings. The lowest BCUT2D eigenvalue weighted by Crippen LogP contribution is -2.32. The molecule has 110 valence electrons. The first-order valence-corrected chi connectivity index (χ1v) is 7.20. The minimum Gasteiger partial charge on any atom is -0.494 e. The second-order valence-corrected chi connectivity index (χ2v) is 6.23. The Labute approximate surface area is 123 Å². The fourth-order valence-corrected chi connectivity index (χ4v) is 3.19. The van der Waals surface area contributed by atoms with Crippen LogP contribution in [0.15, 0.2) is 26.8 Å². The van der Waals surface area contributed by atoms with Crippen molar-refractivity contribution < 1.29 is 5.11 Å². The molecule has 8 heteroatoms. The number of hydrazone groups is 1. The van der Waals surface area contributed by atoms with E-state index < -0.39 is 11.2 Å². The molecule has 0 amide bonds. The molecular weight excluding hydrogens is 292 g/mol. The highest BCUT2D eigenvalue weighted by atomic mass is 32.1. The van der Waals surface area contributed by atoms with Gasteiger partial charge in [-0.1, -0.05) is 0 Å². The van der Waals surface area contributed by atoms with Crippen LogP contribution >= 0.6 is 11.3 Å². The molecule has 0 spiro atoms. The van der Waals surface area contributed by atoms with Gasteiger partial charge in [0, 0.05) is 23.2 Å². The van der Waals surface area contributed by atoms with Crippen LogP contribution < -0.4 is 16.7 Å². The molecule has 0 saturated heterocycles. The number of aromatic nitrogens is 2. The second-order valence-electron chi connectivity index (χ2n) is 4.91. The Balaban J connectivity index is 1.96. The van der Waals surface area contributed by atoms with E-state index in [1.54, 1.807) is 11.3 Å². The number of aromatic hydroxyl groups is 1. The summed E-state index contributed by atoms with van der Waals surface area (Å²) in [4.78, 5) is 27.8. The van der Waals surface area contributed by atoms with Crippen LogP contribution in [0, 0.1) is 6.92 Å². The van der Waals surface area contributed by atoms with Gasteiger partial charge in [-0.25, -0.2) is 4.79 Å². The fraction of sp³-hybridized carbons (Fsp3) is 0.308. The summed E-state index contributed by atoms with van der Waals surface area (Å²) >= 11 is 1.66. The molecule has 3 heterocycles. The molecule has 1 atom stereocenters. The predicted molar refractivity (Wildman–Crippen MR) is 80.1 cm³/mol. The van der Waals surface area contributed by atoms with E-state index in [1.807, 2.05) is 19.1 Å². The summed E-state index contributed by atoms with van der Waals surface area (Å²) in [6.07, 6.45) is 0.481. The van der Waals surface area contributed by atoms with Crippen LogP contribution in [0.25, 0.3) is 0 Å². The Morgan fingerprint density at radius 2 is 2.19 bits per heavy atom. The van der Waals surface area contributed by atoms with Crippen molar-refractivity contribution in [3.63, 3.8) is 0 Å². The Bertz CT molecular complexity index is 846. The number of rotatable bonds is 2. The lowest BCUT2D eigenvalue weighted by Gasteiger charge is -2.08. The molecule has 0 aliphatic carbocycles. The third kappa shape index (κ3) is 2.27. The van der Waals surface area contributed by atoms with Crippen LogP contribution in [0.1, 0.15) is 27.8 Å². The van der Waals surface area contributed by atoms with Crippen molar-refractivity contribution >= 4 is 17.0 Å². The highest BCUT2D eigenvalue weighted by Crippen LogP contribution is 2.30. The zero-order valence-electron chi connectivity index (χ0n) is 11.5. The average Bonchev–Trinajstić information content (AvgIpc) is 3.05. The topological polar surface area (TPSA) is 99.5 Å². The van der Waals surface area contributed by atoms with Gasteiger partial charge in [-0.15, -0.1) is 11.3 Å². The van der Waals surface area contributed by atoms with Gasteiger partial charge >= 0.3 is 5.69 Å². The highest BCUT2D eigenvalue weighted by molar-refractivity contribution is 7.12. The summed E-state index contributed by atoms with van der Waals surface area (Å²) in [7, 11) is 1.39. The standard InChI is InChI=1S/C13H14N4O3S/c1-6-3-4-9(21-6)7-5-8(16-15-7)10-11(18)14-13(20)17(2)12(10)19/h3-4,7,15,19H,5H2,1-2H3,(H,14,18,20)/t7-/m0/s1.